The van der Waals surface area contributed by atoms with Gasteiger partial charge in [-0.05, 0) is 42.0 Å². The third kappa shape index (κ3) is 4.51. The van der Waals surface area contributed by atoms with E-state index in [1.54, 1.807) is 6.07 Å². The number of rotatable bonds is 5. The molecule has 0 fully saturated rings. The molecule has 0 bridgehead atoms. The van der Waals surface area contributed by atoms with Crippen molar-refractivity contribution in [2.24, 2.45) is 0 Å². The Morgan fingerprint density at radius 1 is 0.774 bits per heavy atom. The Morgan fingerprint density at radius 2 is 1.42 bits per heavy atom. The van der Waals surface area contributed by atoms with Gasteiger partial charge in [-0.2, -0.15) is 0 Å². The van der Waals surface area contributed by atoms with E-state index in [0.717, 1.165) is 10.4 Å². The topological polar surface area (TPSA) is 111 Å². The van der Waals surface area contributed by atoms with Gasteiger partial charge in [-0.15, -0.1) is 11.3 Å². The smallest absolute Gasteiger partial charge is 0.169 e. The monoisotopic (exact) mass is 435 g/mol. The highest BCUT2D eigenvalue weighted by Gasteiger charge is 2.19. The van der Waals surface area contributed by atoms with Crippen LogP contribution in [0.2, 0.25) is 0 Å². The molecule has 3 aromatic carbocycles. The van der Waals surface area contributed by atoms with E-state index in [1.165, 1.54) is 41.7 Å². The minimum atomic E-state index is -0.356. The number of thiazole rings is 1. The molecular formula is C24H21NO5S. The molecule has 4 rings (SSSR count). The van der Waals surface area contributed by atoms with Crippen molar-refractivity contribution in [3.05, 3.63) is 77.3 Å². The van der Waals surface area contributed by atoms with Crippen LogP contribution in [0.1, 0.15) is 22.8 Å². The average molecular weight is 436 g/mol. The summed E-state index contributed by atoms with van der Waals surface area (Å²) in [6, 6.07) is 18.0. The summed E-state index contributed by atoms with van der Waals surface area (Å²) in [6.07, 6.45) is 0.0127. The van der Waals surface area contributed by atoms with Crippen molar-refractivity contribution < 1.29 is 25.2 Å². The highest BCUT2D eigenvalue weighted by atomic mass is 32.1. The third-order valence-corrected chi connectivity index (χ3v) is 5.67. The van der Waals surface area contributed by atoms with Gasteiger partial charge in [0.25, 0.3) is 0 Å². The fourth-order valence-electron chi connectivity index (χ4n) is 3.03. The highest BCUT2D eigenvalue weighted by molar-refractivity contribution is 7.15. The summed E-state index contributed by atoms with van der Waals surface area (Å²) in [7, 11) is 0. The zero-order valence-corrected chi connectivity index (χ0v) is 16.4. The zero-order valence-electron chi connectivity index (χ0n) is 15.6. The molecule has 4 aromatic rings. The van der Waals surface area contributed by atoms with E-state index in [2.05, 4.69) is 4.98 Å². The minimum Gasteiger partial charge on any atom is -0.504 e. The van der Waals surface area contributed by atoms with Gasteiger partial charge in [-0.3, -0.25) is 4.79 Å². The summed E-state index contributed by atoms with van der Waals surface area (Å²) in [5, 5.41) is 39.2. The lowest BCUT2D eigenvalue weighted by molar-refractivity contribution is 0.0992. The van der Waals surface area contributed by atoms with Gasteiger partial charge in [0.05, 0.1) is 17.0 Å². The van der Waals surface area contributed by atoms with Crippen molar-refractivity contribution in [3.8, 4) is 44.7 Å². The number of aromatic hydroxyl groups is 4. The van der Waals surface area contributed by atoms with E-state index in [9.17, 15) is 25.2 Å². The molecule has 0 aliphatic carbocycles. The Bertz CT molecular complexity index is 1230. The molecule has 4 N–H and O–H groups in total. The maximum Gasteiger partial charge on any atom is 0.169 e. The molecule has 0 atom stereocenters. The lowest BCUT2D eigenvalue weighted by Crippen LogP contribution is -2.03. The van der Waals surface area contributed by atoms with Gasteiger partial charge in [0.1, 0.15) is 5.01 Å². The second-order valence-electron chi connectivity index (χ2n) is 6.66. The fraction of sp³-hybridized carbons (Fsp3) is 0.0833. The Morgan fingerprint density at radius 3 is 2.06 bits per heavy atom. The van der Waals surface area contributed by atoms with Crippen molar-refractivity contribution in [2.75, 3.05) is 0 Å². The number of carbonyl (C=O) groups excluding carboxylic acids is 1. The second kappa shape index (κ2) is 8.89. The molecule has 7 heteroatoms. The fourth-order valence-corrected chi connectivity index (χ4v) is 4.12. The Hall–Kier alpha value is -3.84. The molecule has 0 radical (unpaired) electrons. The first-order valence-electron chi connectivity index (χ1n) is 9.05. The first kappa shape index (κ1) is 21.9. The SMILES string of the molecule is C.O=C(Cc1nc(-c2ccc(O)c(O)c2)c(-c2ccccc2)s1)c1ccc(O)c(O)c1. The lowest BCUT2D eigenvalue weighted by atomic mass is 10.1. The molecule has 158 valence electrons. The number of phenols is 4. The molecule has 1 heterocycles. The number of ketones is 1. The van der Waals surface area contributed by atoms with Crippen molar-refractivity contribution in [3.63, 3.8) is 0 Å². The molecule has 0 amide bonds. The largest absolute Gasteiger partial charge is 0.504 e. The molecular weight excluding hydrogens is 414 g/mol. The summed E-state index contributed by atoms with van der Waals surface area (Å²) >= 11 is 1.36. The zero-order chi connectivity index (χ0) is 21.3. The minimum absolute atomic E-state index is 0. The van der Waals surface area contributed by atoms with E-state index >= 15 is 0 Å². The van der Waals surface area contributed by atoms with Crippen LogP contribution in [0, 0.1) is 0 Å². The van der Waals surface area contributed by atoms with Gasteiger partial charge in [-0.1, -0.05) is 37.8 Å². The predicted molar refractivity (Wildman–Crippen MR) is 121 cm³/mol. The van der Waals surface area contributed by atoms with Gasteiger partial charge in [0.2, 0.25) is 0 Å². The number of hydrogen-bond acceptors (Lipinski definition) is 7. The number of nitrogens with zero attached hydrogens (tertiary/aromatic N) is 1. The molecule has 0 saturated carbocycles. The predicted octanol–water partition coefficient (Wildman–Crippen LogP) is 5.36. The lowest BCUT2D eigenvalue weighted by Gasteiger charge is -2.04. The average Bonchev–Trinajstić information content (AvgIpc) is 3.16. The molecule has 0 saturated heterocycles. The standard InChI is InChI=1S/C23H17NO5S.CH4/c25-16-8-6-14(10-19(16)28)18(27)12-21-24-22(15-7-9-17(26)20(29)11-15)23(30-21)13-4-2-1-3-5-13;/h1-11,25-26,28-29H,12H2;1H4. The summed E-state index contributed by atoms with van der Waals surface area (Å²) in [5.41, 5.74) is 2.39. The highest BCUT2D eigenvalue weighted by Crippen LogP contribution is 2.39. The van der Waals surface area contributed by atoms with Crippen LogP contribution >= 0.6 is 11.3 Å². The van der Waals surface area contributed by atoms with Gasteiger partial charge in [0, 0.05) is 11.1 Å². The molecule has 0 spiro atoms. The summed E-state index contributed by atoms with van der Waals surface area (Å²) in [5.74, 6) is -1.37. The number of hydrogen-bond donors (Lipinski definition) is 4. The van der Waals surface area contributed by atoms with E-state index in [4.69, 9.17) is 0 Å². The van der Waals surface area contributed by atoms with Gasteiger partial charge >= 0.3 is 0 Å². The van der Waals surface area contributed by atoms with Crippen LogP contribution in [0.25, 0.3) is 21.7 Å². The molecule has 1 aromatic heterocycles. The number of aromatic nitrogens is 1. The third-order valence-electron chi connectivity index (χ3n) is 4.57. The van der Waals surface area contributed by atoms with Crippen LogP contribution < -0.4 is 0 Å². The second-order valence-corrected chi connectivity index (χ2v) is 7.74. The van der Waals surface area contributed by atoms with Gasteiger partial charge in [-0.25, -0.2) is 4.98 Å². The molecule has 31 heavy (non-hydrogen) atoms. The van der Waals surface area contributed by atoms with Crippen molar-refractivity contribution in [1.82, 2.24) is 4.98 Å². The molecule has 0 aliphatic rings. The Kier molecular flexibility index (Phi) is 6.27. The van der Waals surface area contributed by atoms with E-state index < -0.39 is 0 Å². The Labute approximate surface area is 183 Å². The quantitative estimate of drug-likeness (QED) is 0.248. The van der Waals surface area contributed by atoms with Crippen molar-refractivity contribution >= 4 is 17.1 Å². The van der Waals surface area contributed by atoms with Crippen LogP contribution in [0.3, 0.4) is 0 Å². The van der Waals surface area contributed by atoms with Crippen LogP contribution in [0.4, 0.5) is 0 Å². The molecule has 6 nitrogen and oxygen atoms in total. The maximum absolute atomic E-state index is 12.7. The first-order valence-corrected chi connectivity index (χ1v) is 9.86. The van der Waals surface area contributed by atoms with Crippen molar-refractivity contribution in [1.29, 1.82) is 0 Å². The van der Waals surface area contributed by atoms with Gasteiger partial charge in [0.15, 0.2) is 28.8 Å². The summed E-state index contributed by atoms with van der Waals surface area (Å²) in [4.78, 5) is 18.1. The summed E-state index contributed by atoms with van der Waals surface area (Å²) < 4.78 is 0. The molecule has 0 aliphatic heterocycles. The number of phenolic OH excluding ortho intramolecular Hbond substituents is 4. The summed E-state index contributed by atoms with van der Waals surface area (Å²) in [6.45, 7) is 0. The van der Waals surface area contributed by atoms with Crippen molar-refractivity contribution in [2.45, 2.75) is 13.8 Å². The van der Waals surface area contributed by atoms with Crippen LogP contribution in [0.5, 0.6) is 23.0 Å². The van der Waals surface area contributed by atoms with Crippen LogP contribution in [0.15, 0.2) is 66.7 Å². The van der Waals surface area contributed by atoms with E-state index in [1.807, 2.05) is 30.3 Å². The van der Waals surface area contributed by atoms with E-state index in [0.29, 0.717) is 16.3 Å². The normalized spacial score (nSPS) is 10.5. The number of benzene rings is 3. The molecule has 0 unspecified atom stereocenters. The van der Waals surface area contributed by atoms with Gasteiger partial charge < -0.3 is 20.4 Å². The van der Waals surface area contributed by atoms with Crippen LogP contribution in [-0.2, 0) is 6.42 Å². The number of Topliss-reactive ketones (excluding diaryl/α,β-unsaturated/α-hetero) is 1. The maximum atomic E-state index is 12.7. The number of carbonyl (C=O) groups is 1. The van der Waals surface area contributed by atoms with E-state index in [-0.39, 0.29) is 48.2 Å². The first-order chi connectivity index (χ1) is 14.4. The Balaban J connectivity index is 0.00000272. The van der Waals surface area contributed by atoms with Crippen LogP contribution in [-0.4, -0.2) is 31.2 Å².